The molecule has 1 rings (SSSR count). The van der Waals surface area contributed by atoms with Crippen LogP contribution in [0.2, 0.25) is 0 Å². The van der Waals surface area contributed by atoms with E-state index in [9.17, 15) is 4.79 Å². The average molecular weight is 271 g/mol. The van der Waals surface area contributed by atoms with Gasteiger partial charge in [-0.1, -0.05) is 50.1 Å². The maximum absolute atomic E-state index is 11.6. The van der Waals surface area contributed by atoms with Crippen molar-refractivity contribution in [2.75, 3.05) is 12.3 Å². The first-order valence-electron chi connectivity index (χ1n) is 6.36. The van der Waals surface area contributed by atoms with E-state index in [2.05, 4.69) is 18.0 Å². The Balaban J connectivity index is 2.00. The number of allylic oxidation sites excluding steroid dienone is 2. The van der Waals surface area contributed by atoms with Gasteiger partial charge in [0.15, 0.2) is 5.12 Å². The predicted octanol–water partition coefficient (Wildman–Crippen LogP) is 4.27. The van der Waals surface area contributed by atoms with Gasteiger partial charge in [-0.15, -0.1) is 0 Å². The minimum atomic E-state index is 0.211. The van der Waals surface area contributed by atoms with E-state index in [0.29, 0.717) is 6.42 Å². The third kappa shape index (κ3) is 7.66. The molecule has 1 heterocycles. The molecule has 17 heavy (non-hydrogen) atoms. The topological polar surface area (TPSA) is 29.4 Å². The fourth-order valence-electron chi connectivity index (χ4n) is 1.50. The number of hydrogen-bond acceptors (Lipinski definition) is 4. The maximum Gasteiger partial charge on any atom is 0.199 e. The lowest BCUT2D eigenvalue weighted by atomic mass is 10.1. The van der Waals surface area contributed by atoms with Crippen molar-refractivity contribution >= 4 is 33.0 Å². The quantitative estimate of drug-likeness (QED) is 0.511. The van der Waals surface area contributed by atoms with Crippen molar-refractivity contribution in [3.05, 3.63) is 12.2 Å². The first-order valence-corrected chi connectivity index (χ1v) is 8.16. The van der Waals surface area contributed by atoms with Gasteiger partial charge in [0, 0.05) is 12.2 Å². The lowest BCUT2D eigenvalue weighted by Gasteiger charge is -1.96. The summed E-state index contributed by atoms with van der Waals surface area (Å²) in [6.07, 6.45) is 10.9. The first kappa shape index (κ1) is 14.8. The van der Waals surface area contributed by atoms with Gasteiger partial charge in [-0.05, 0) is 24.6 Å². The van der Waals surface area contributed by atoms with E-state index in [4.69, 9.17) is 0 Å². The van der Waals surface area contributed by atoms with Gasteiger partial charge < -0.3 is 0 Å². The molecule has 0 spiro atoms. The van der Waals surface area contributed by atoms with Crippen molar-refractivity contribution in [1.82, 2.24) is 0 Å². The smallest absolute Gasteiger partial charge is 0.199 e. The second-order valence-electron chi connectivity index (χ2n) is 4.00. The summed E-state index contributed by atoms with van der Waals surface area (Å²) in [5, 5.41) is 0.211. The van der Waals surface area contributed by atoms with Gasteiger partial charge in [0.25, 0.3) is 0 Å². The van der Waals surface area contributed by atoms with Crippen molar-refractivity contribution in [3.8, 4) is 0 Å². The van der Waals surface area contributed by atoms with Crippen molar-refractivity contribution in [3.63, 3.8) is 0 Å². The van der Waals surface area contributed by atoms with E-state index in [0.717, 1.165) is 23.1 Å². The monoisotopic (exact) mass is 271 g/mol. The van der Waals surface area contributed by atoms with Gasteiger partial charge >= 0.3 is 0 Å². The number of nitrogens with zero attached hydrogens (tertiary/aromatic N) is 1. The Labute approximate surface area is 113 Å². The molecule has 0 fully saturated rings. The van der Waals surface area contributed by atoms with Crippen LogP contribution in [0.4, 0.5) is 0 Å². The largest absolute Gasteiger partial charge is 0.286 e. The summed E-state index contributed by atoms with van der Waals surface area (Å²) >= 11 is 2.99. The molecule has 0 aliphatic carbocycles. The summed E-state index contributed by atoms with van der Waals surface area (Å²) in [6.45, 7) is 3.09. The van der Waals surface area contributed by atoms with Crippen molar-refractivity contribution in [2.45, 2.75) is 45.4 Å². The normalized spacial score (nSPS) is 15.5. The maximum atomic E-state index is 11.6. The highest BCUT2D eigenvalue weighted by atomic mass is 32.2. The lowest BCUT2D eigenvalue weighted by molar-refractivity contribution is -0.110. The number of hydrogen-bond donors (Lipinski definition) is 0. The number of aliphatic imine (C=N–C) groups is 1. The number of carbonyl (C=O) groups is 1. The summed E-state index contributed by atoms with van der Waals surface area (Å²) < 4.78 is 0.950. The van der Waals surface area contributed by atoms with Gasteiger partial charge in [-0.2, -0.15) is 0 Å². The second-order valence-corrected chi connectivity index (χ2v) is 6.38. The summed E-state index contributed by atoms with van der Waals surface area (Å²) in [7, 11) is 0. The van der Waals surface area contributed by atoms with Crippen LogP contribution in [0.3, 0.4) is 0 Å². The molecule has 1 aliphatic rings. The molecular formula is C13H21NOS2. The van der Waals surface area contributed by atoms with Gasteiger partial charge in [0.05, 0.1) is 6.54 Å². The Kier molecular flexibility index (Phi) is 8.53. The van der Waals surface area contributed by atoms with E-state index < -0.39 is 0 Å². The van der Waals surface area contributed by atoms with Crippen LogP contribution in [-0.4, -0.2) is 21.8 Å². The van der Waals surface area contributed by atoms with Crippen LogP contribution in [0.5, 0.6) is 0 Å². The van der Waals surface area contributed by atoms with Crippen LogP contribution in [0.25, 0.3) is 0 Å². The molecule has 0 unspecified atom stereocenters. The first-order chi connectivity index (χ1) is 8.33. The van der Waals surface area contributed by atoms with Gasteiger partial charge in [0.1, 0.15) is 4.38 Å². The molecule has 4 heteroatoms. The molecule has 0 radical (unpaired) electrons. The standard InChI is InChI=1S/C13H21NOS2/c1-2-3-4-5-6-7-8-9-12(15)17-13-14-10-11-16-13/h7-8H,2-6,9-11H2,1H3/b8-7+. The molecule has 0 aromatic heterocycles. The van der Waals surface area contributed by atoms with E-state index in [1.807, 2.05) is 6.08 Å². The van der Waals surface area contributed by atoms with E-state index >= 15 is 0 Å². The van der Waals surface area contributed by atoms with E-state index in [1.165, 1.54) is 37.4 Å². The van der Waals surface area contributed by atoms with Crippen LogP contribution in [-0.2, 0) is 4.79 Å². The Hall–Kier alpha value is -0.220. The van der Waals surface area contributed by atoms with Crippen molar-refractivity contribution in [1.29, 1.82) is 0 Å². The zero-order valence-corrected chi connectivity index (χ0v) is 12.1. The van der Waals surface area contributed by atoms with Gasteiger partial charge in [0.2, 0.25) is 0 Å². The molecule has 0 saturated heterocycles. The minimum absolute atomic E-state index is 0.211. The van der Waals surface area contributed by atoms with Crippen LogP contribution in [0.1, 0.15) is 45.4 Å². The summed E-state index contributed by atoms with van der Waals surface area (Å²) in [4.78, 5) is 15.8. The molecule has 96 valence electrons. The Morgan fingerprint density at radius 3 is 3.00 bits per heavy atom. The molecule has 0 saturated carbocycles. The Bertz CT molecular complexity index is 287. The van der Waals surface area contributed by atoms with Crippen molar-refractivity contribution in [2.24, 2.45) is 4.99 Å². The summed E-state index contributed by atoms with van der Waals surface area (Å²) in [5.74, 6) is 1.03. The highest BCUT2D eigenvalue weighted by molar-refractivity contribution is 8.45. The average Bonchev–Trinajstić information content (AvgIpc) is 2.80. The van der Waals surface area contributed by atoms with Crippen molar-refractivity contribution < 1.29 is 4.79 Å². The molecule has 0 atom stereocenters. The molecule has 0 amide bonds. The predicted molar refractivity (Wildman–Crippen MR) is 79.9 cm³/mol. The second kappa shape index (κ2) is 9.77. The SMILES string of the molecule is CCCCCC/C=C/CC(=O)SC1=NCCS1. The van der Waals surface area contributed by atoms with Crippen LogP contribution < -0.4 is 0 Å². The number of rotatable bonds is 7. The molecule has 2 nitrogen and oxygen atoms in total. The van der Waals surface area contributed by atoms with Crippen LogP contribution in [0.15, 0.2) is 17.1 Å². The highest BCUT2D eigenvalue weighted by Gasteiger charge is 2.11. The lowest BCUT2D eigenvalue weighted by Crippen LogP contribution is -1.92. The number of unbranched alkanes of at least 4 members (excludes halogenated alkanes) is 4. The molecule has 0 N–H and O–H groups in total. The molecule has 0 aromatic rings. The minimum Gasteiger partial charge on any atom is -0.286 e. The van der Waals surface area contributed by atoms with Gasteiger partial charge in [-0.25, -0.2) is 0 Å². The summed E-state index contributed by atoms with van der Waals surface area (Å²) in [6, 6.07) is 0. The number of thioether (sulfide) groups is 2. The zero-order chi connectivity index (χ0) is 12.3. The zero-order valence-electron chi connectivity index (χ0n) is 10.5. The Morgan fingerprint density at radius 1 is 1.41 bits per heavy atom. The fourth-order valence-corrected chi connectivity index (χ4v) is 3.34. The van der Waals surface area contributed by atoms with E-state index in [-0.39, 0.29) is 5.12 Å². The van der Waals surface area contributed by atoms with Gasteiger partial charge in [-0.3, -0.25) is 9.79 Å². The third-order valence-electron chi connectivity index (χ3n) is 2.43. The van der Waals surface area contributed by atoms with E-state index in [1.54, 1.807) is 11.8 Å². The molecule has 0 bridgehead atoms. The van der Waals surface area contributed by atoms with Crippen LogP contribution in [0, 0.1) is 0 Å². The summed E-state index contributed by atoms with van der Waals surface area (Å²) in [5.41, 5.74) is 0. The molecular weight excluding hydrogens is 250 g/mol. The molecule has 0 aromatic carbocycles. The highest BCUT2D eigenvalue weighted by Crippen LogP contribution is 2.23. The van der Waals surface area contributed by atoms with Crippen LogP contribution >= 0.6 is 23.5 Å². The fraction of sp³-hybridized carbons (Fsp3) is 0.692. The molecule has 1 aliphatic heterocycles. The Morgan fingerprint density at radius 2 is 2.29 bits per heavy atom. The number of carbonyl (C=O) groups excluding carboxylic acids is 1. The third-order valence-corrected chi connectivity index (χ3v) is 4.50.